The van der Waals surface area contributed by atoms with Gasteiger partial charge in [0.2, 0.25) is 0 Å². The summed E-state index contributed by atoms with van der Waals surface area (Å²) in [4.78, 5) is 2.30. The Morgan fingerprint density at radius 3 is 2.31 bits per heavy atom. The van der Waals surface area contributed by atoms with Crippen LogP contribution in [0.1, 0.15) is 37.8 Å². The summed E-state index contributed by atoms with van der Waals surface area (Å²) in [5.41, 5.74) is 3.02. The number of anilines is 1. The van der Waals surface area contributed by atoms with Crippen LogP contribution in [0.15, 0.2) is 18.2 Å². The van der Waals surface area contributed by atoms with Crippen molar-refractivity contribution in [2.24, 2.45) is 0 Å². The molecule has 0 heterocycles. The highest BCUT2D eigenvalue weighted by atomic mass is 15.1. The van der Waals surface area contributed by atoms with Crippen molar-refractivity contribution in [1.82, 2.24) is 0 Å². The summed E-state index contributed by atoms with van der Waals surface area (Å²) >= 11 is 0. The van der Waals surface area contributed by atoms with Gasteiger partial charge in [0.05, 0.1) is 11.3 Å². The van der Waals surface area contributed by atoms with Crippen LogP contribution in [0.2, 0.25) is 0 Å². The molecule has 0 aromatic heterocycles. The van der Waals surface area contributed by atoms with Crippen LogP contribution in [0, 0.1) is 18.3 Å². The number of hydrogen-bond donors (Lipinski definition) is 0. The first-order valence-corrected chi connectivity index (χ1v) is 5.98. The third-order valence-corrected chi connectivity index (χ3v) is 2.60. The molecule has 2 nitrogen and oxygen atoms in total. The Labute approximate surface area is 98.5 Å². The summed E-state index contributed by atoms with van der Waals surface area (Å²) in [7, 11) is 0. The molecule has 1 aromatic rings. The fourth-order valence-corrected chi connectivity index (χ4v) is 1.91. The van der Waals surface area contributed by atoms with Crippen LogP contribution in [0.5, 0.6) is 0 Å². The van der Waals surface area contributed by atoms with Crippen molar-refractivity contribution >= 4 is 5.69 Å². The third kappa shape index (κ3) is 3.00. The number of benzene rings is 1. The van der Waals surface area contributed by atoms with Crippen LogP contribution in [0.25, 0.3) is 0 Å². The molecule has 0 aliphatic rings. The van der Waals surface area contributed by atoms with Gasteiger partial charge in [-0.05, 0) is 37.5 Å². The maximum atomic E-state index is 9.15. The normalized spacial score (nSPS) is 9.88. The number of nitriles is 1. The summed E-state index contributed by atoms with van der Waals surface area (Å²) in [5, 5.41) is 9.15. The van der Waals surface area contributed by atoms with Crippen molar-refractivity contribution in [2.75, 3.05) is 18.0 Å². The molecule has 0 radical (unpaired) electrons. The molecule has 0 fully saturated rings. The summed E-state index contributed by atoms with van der Waals surface area (Å²) in [5.74, 6) is 0. The highest BCUT2D eigenvalue weighted by molar-refractivity contribution is 5.60. The highest BCUT2D eigenvalue weighted by Gasteiger charge is 2.09. The summed E-state index contributed by atoms with van der Waals surface area (Å²) < 4.78 is 0. The van der Waals surface area contributed by atoms with Gasteiger partial charge in [0.1, 0.15) is 6.07 Å². The second-order valence-corrected chi connectivity index (χ2v) is 4.12. The molecule has 0 aliphatic heterocycles. The predicted molar refractivity (Wildman–Crippen MR) is 68.7 cm³/mol. The molecule has 0 saturated heterocycles. The van der Waals surface area contributed by atoms with E-state index in [4.69, 9.17) is 5.26 Å². The fourth-order valence-electron chi connectivity index (χ4n) is 1.91. The second-order valence-electron chi connectivity index (χ2n) is 4.12. The first-order chi connectivity index (χ1) is 7.72. The lowest BCUT2D eigenvalue weighted by atomic mass is 10.1. The minimum Gasteiger partial charge on any atom is -0.370 e. The monoisotopic (exact) mass is 216 g/mol. The lowest BCUT2D eigenvalue weighted by Gasteiger charge is -2.24. The Morgan fingerprint density at radius 1 is 1.19 bits per heavy atom. The molecule has 0 atom stereocenters. The number of rotatable bonds is 5. The van der Waals surface area contributed by atoms with E-state index in [-0.39, 0.29) is 0 Å². The highest BCUT2D eigenvalue weighted by Crippen LogP contribution is 2.21. The molecule has 0 amide bonds. The lowest BCUT2D eigenvalue weighted by molar-refractivity contribution is 0.744. The summed E-state index contributed by atoms with van der Waals surface area (Å²) in [6.45, 7) is 8.40. The Morgan fingerprint density at radius 2 is 1.81 bits per heavy atom. The molecule has 2 heteroatoms. The van der Waals surface area contributed by atoms with Gasteiger partial charge in [-0.3, -0.25) is 0 Å². The van der Waals surface area contributed by atoms with Crippen molar-refractivity contribution in [1.29, 1.82) is 5.26 Å². The zero-order valence-electron chi connectivity index (χ0n) is 10.5. The Balaban J connectivity index is 3.03. The molecule has 1 aromatic carbocycles. The lowest BCUT2D eigenvalue weighted by Crippen LogP contribution is -2.25. The summed E-state index contributed by atoms with van der Waals surface area (Å²) in [6.07, 6.45) is 2.22. The Bertz CT molecular complexity index is 371. The van der Waals surface area contributed by atoms with Crippen LogP contribution in [-0.2, 0) is 0 Å². The largest absolute Gasteiger partial charge is 0.370 e. The first-order valence-electron chi connectivity index (χ1n) is 5.98. The van der Waals surface area contributed by atoms with Crippen molar-refractivity contribution in [3.63, 3.8) is 0 Å². The fraction of sp³-hybridized carbons (Fsp3) is 0.500. The molecule has 1 rings (SSSR count). The van der Waals surface area contributed by atoms with E-state index in [1.54, 1.807) is 0 Å². The van der Waals surface area contributed by atoms with E-state index in [0.717, 1.165) is 42.7 Å². The molecule has 0 spiro atoms. The maximum absolute atomic E-state index is 9.15. The van der Waals surface area contributed by atoms with Gasteiger partial charge in [-0.25, -0.2) is 0 Å². The molecule has 0 aliphatic carbocycles. The zero-order chi connectivity index (χ0) is 12.0. The average molecular weight is 216 g/mol. The van der Waals surface area contributed by atoms with E-state index in [9.17, 15) is 0 Å². The quantitative estimate of drug-likeness (QED) is 0.753. The molecule has 0 N–H and O–H groups in total. The van der Waals surface area contributed by atoms with Gasteiger partial charge in [0, 0.05) is 13.1 Å². The molecule has 16 heavy (non-hydrogen) atoms. The van der Waals surface area contributed by atoms with Crippen molar-refractivity contribution in [3.05, 3.63) is 29.3 Å². The van der Waals surface area contributed by atoms with Gasteiger partial charge >= 0.3 is 0 Å². The first kappa shape index (κ1) is 12.6. The Hall–Kier alpha value is -1.49. The Kier molecular flexibility index (Phi) is 4.85. The minimum absolute atomic E-state index is 0.793. The van der Waals surface area contributed by atoms with E-state index >= 15 is 0 Å². The van der Waals surface area contributed by atoms with E-state index < -0.39 is 0 Å². The summed E-state index contributed by atoms with van der Waals surface area (Å²) in [6, 6.07) is 8.40. The number of hydrogen-bond acceptors (Lipinski definition) is 2. The van der Waals surface area contributed by atoms with Gasteiger partial charge in [-0.2, -0.15) is 5.26 Å². The SMILES string of the molecule is CCCN(CCC)c1ccc(C)cc1C#N. The minimum atomic E-state index is 0.793. The topological polar surface area (TPSA) is 27.0 Å². The van der Waals surface area contributed by atoms with E-state index in [2.05, 4.69) is 36.9 Å². The number of aryl methyl sites for hydroxylation is 1. The molecular weight excluding hydrogens is 196 g/mol. The third-order valence-electron chi connectivity index (χ3n) is 2.60. The molecule has 0 saturated carbocycles. The molecule has 0 unspecified atom stereocenters. The second kappa shape index (κ2) is 6.17. The molecule has 0 bridgehead atoms. The van der Waals surface area contributed by atoms with Gasteiger partial charge < -0.3 is 4.90 Å². The molecular formula is C14H20N2. The van der Waals surface area contributed by atoms with Crippen LogP contribution in [-0.4, -0.2) is 13.1 Å². The smallest absolute Gasteiger partial charge is 0.101 e. The van der Waals surface area contributed by atoms with Crippen molar-refractivity contribution < 1.29 is 0 Å². The van der Waals surface area contributed by atoms with Crippen LogP contribution in [0.4, 0.5) is 5.69 Å². The van der Waals surface area contributed by atoms with Crippen molar-refractivity contribution in [2.45, 2.75) is 33.6 Å². The zero-order valence-corrected chi connectivity index (χ0v) is 10.5. The van der Waals surface area contributed by atoms with Gasteiger partial charge in [0.15, 0.2) is 0 Å². The van der Waals surface area contributed by atoms with E-state index in [1.165, 1.54) is 0 Å². The van der Waals surface area contributed by atoms with Crippen LogP contribution in [0.3, 0.4) is 0 Å². The van der Waals surface area contributed by atoms with Gasteiger partial charge in [-0.1, -0.05) is 19.9 Å². The van der Waals surface area contributed by atoms with E-state index in [0.29, 0.717) is 0 Å². The van der Waals surface area contributed by atoms with Gasteiger partial charge in [0.25, 0.3) is 0 Å². The van der Waals surface area contributed by atoms with Crippen LogP contribution < -0.4 is 4.90 Å². The molecule has 86 valence electrons. The van der Waals surface area contributed by atoms with Crippen LogP contribution >= 0.6 is 0 Å². The van der Waals surface area contributed by atoms with E-state index in [1.807, 2.05) is 13.0 Å². The predicted octanol–water partition coefficient (Wildman–Crippen LogP) is 3.49. The average Bonchev–Trinajstić information content (AvgIpc) is 2.28. The van der Waals surface area contributed by atoms with Crippen molar-refractivity contribution in [3.8, 4) is 6.07 Å². The maximum Gasteiger partial charge on any atom is 0.101 e. The van der Waals surface area contributed by atoms with Gasteiger partial charge in [-0.15, -0.1) is 0 Å². The number of nitrogens with zero attached hydrogens (tertiary/aromatic N) is 2. The standard InChI is InChI=1S/C14H20N2/c1-4-8-16(9-5-2)14-7-6-12(3)10-13(14)11-15/h6-7,10H,4-5,8-9H2,1-3H3.